The molecule has 1 aromatic carbocycles. The molecule has 0 saturated heterocycles. The van der Waals surface area contributed by atoms with Crippen molar-refractivity contribution in [2.75, 3.05) is 43.5 Å². The van der Waals surface area contributed by atoms with Crippen LogP contribution in [0.2, 0.25) is 0 Å². The smallest absolute Gasteiger partial charge is 0.330 e. The number of rotatable bonds is 9. The molecule has 0 spiro atoms. The van der Waals surface area contributed by atoms with E-state index in [0.717, 1.165) is 30.5 Å². The van der Waals surface area contributed by atoms with Crippen molar-refractivity contribution in [3.8, 4) is 0 Å². The van der Waals surface area contributed by atoms with Crippen LogP contribution >= 0.6 is 0 Å². The lowest BCUT2D eigenvalue weighted by atomic mass is 10.2. The maximum Gasteiger partial charge on any atom is 0.330 e. The fourth-order valence-corrected chi connectivity index (χ4v) is 1.69. The highest BCUT2D eigenvalue weighted by atomic mass is 16.6. The van der Waals surface area contributed by atoms with Gasteiger partial charge in [-0.2, -0.15) is 0 Å². The first kappa shape index (κ1) is 16.0. The van der Waals surface area contributed by atoms with Gasteiger partial charge >= 0.3 is 5.97 Å². The molecule has 1 rings (SSSR count). The zero-order valence-corrected chi connectivity index (χ0v) is 11.9. The summed E-state index contributed by atoms with van der Waals surface area (Å²) in [7, 11) is 0. The standard InChI is InChI=1S/C15H22N2O3/c1-3-15(18)20-12-11-19-10-9-17(4-2)14-7-5-13(16)6-8-14/h3,5-8H,1,4,9-12,16H2,2H3. The molecule has 0 aliphatic heterocycles. The van der Waals surface area contributed by atoms with Gasteiger partial charge in [0.05, 0.1) is 13.2 Å². The van der Waals surface area contributed by atoms with E-state index >= 15 is 0 Å². The highest BCUT2D eigenvalue weighted by molar-refractivity contribution is 5.81. The third-order valence-electron chi connectivity index (χ3n) is 2.78. The second-order valence-electron chi connectivity index (χ2n) is 4.16. The minimum Gasteiger partial charge on any atom is -0.460 e. The van der Waals surface area contributed by atoms with Crippen LogP contribution in [0.5, 0.6) is 0 Å². The third-order valence-corrected chi connectivity index (χ3v) is 2.78. The Labute approximate surface area is 120 Å². The van der Waals surface area contributed by atoms with Crippen LogP contribution in [-0.2, 0) is 14.3 Å². The molecule has 0 fully saturated rings. The lowest BCUT2D eigenvalue weighted by Gasteiger charge is -2.23. The van der Waals surface area contributed by atoms with Crippen molar-refractivity contribution in [1.82, 2.24) is 0 Å². The molecule has 110 valence electrons. The van der Waals surface area contributed by atoms with Crippen LogP contribution in [0.25, 0.3) is 0 Å². The predicted octanol–water partition coefficient (Wildman–Crippen LogP) is 1.84. The van der Waals surface area contributed by atoms with Crippen molar-refractivity contribution in [1.29, 1.82) is 0 Å². The average Bonchev–Trinajstić information content (AvgIpc) is 2.47. The first-order valence-electron chi connectivity index (χ1n) is 6.64. The van der Waals surface area contributed by atoms with Gasteiger partial charge in [0.15, 0.2) is 0 Å². The molecule has 0 saturated carbocycles. The first-order valence-corrected chi connectivity index (χ1v) is 6.64. The average molecular weight is 278 g/mol. The maximum absolute atomic E-state index is 10.8. The zero-order valence-electron chi connectivity index (χ0n) is 11.9. The molecular formula is C15H22N2O3. The molecule has 0 aliphatic rings. The predicted molar refractivity (Wildman–Crippen MR) is 80.7 cm³/mol. The van der Waals surface area contributed by atoms with E-state index in [1.807, 2.05) is 24.3 Å². The molecule has 0 bridgehead atoms. The van der Waals surface area contributed by atoms with Crippen LogP contribution in [0, 0.1) is 0 Å². The number of hydrogen-bond donors (Lipinski definition) is 1. The highest BCUT2D eigenvalue weighted by Gasteiger charge is 2.03. The molecule has 0 aliphatic carbocycles. The van der Waals surface area contributed by atoms with Crippen LogP contribution < -0.4 is 10.6 Å². The van der Waals surface area contributed by atoms with E-state index in [1.54, 1.807) is 0 Å². The van der Waals surface area contributed by atoms with Crippen LogP contribution in [-0.4, -0.2) is 38.9 Å². The van der Waals surface area contributed by atoms with Crippen LogP contribution in [0.3, 0.4) is 0 Å². The Bertz CT molecular complexity index is 418. The number of nitrogen functional groups attached to an aromatic ring is 1. The lowest BCUT2D eigenvalue weighted by Crippen LogP contribution is -2.27. The van der Waals surface area contributed by atoms with Gasteiger partial charge in [-0.15, -0.1) is 0 Å². The molecule has 0 unspecified atom stereocenters. The number of benzene rings is 1. The monoisotopic (exact) mass is 278 g/mol. The van der Waals surface area contributed by atoms with E-state index in [-0.39, 0.29) is 6.61 Å². The molecule has 5 nitrogen and oxygen atoms in total. The van der Waals surface area contributed by atoms with Crippen LogP contribution in [0.4, 0.5) is 11.4 Å². The van der Waals surface area contributed by atoms with Gasteiger partial charge in [0.2, 0.25) is 0 Å². The normalized spacial score (nSPS) is 10.1. The largest absolute Gasteiger partial charge is 0.460 e. The number of hydrogen-bond acceptors (Lipinski definition) is 5. The van der Waals surface area contributed by atoms with Crippen LogP contribution in [0.1, 0.15) is 6.92 Å². The Balaban J connectivity index is 2.23. The summed E-state index contributed by atoms with van der Waals surface area (Å²) in [6.07, 6.45) is 1.14. The summed E-state index contributed by atoms with van der Waals surface area (Å²) in [5.74, 6) is -0.425. The summed E-state index contributed by atoms with van der Waals surface area (Å²) in [5, 5.41) is 0. The highest BCUT2D eigenvalue weighted by Crippen LogP contribution is 2.15. The fraction of sp³-hybridized carbons (Fsp3) is 0.400. The van der Waals surface area contributed by atoms with Gasteiger partial charge in [0.25, 0.3) is 0 Å². The summed E-state index contributed by atoms with van der Waals surface area (Å²) in [4.78, 5) is 13.0. The van der Waals surface area contributed by atoms with Crippen molar-refractivity contribution in [3.63, 3.8) is 0 Å². The second-order valence-corrected chi connectivity index (χ2v) is 4.16. The molecule has 1 aromatic rings. The number of carbonyl (C=O) groups is 1. The van der Waals surface area contributed by atoms with Gasteiger partial charge in [-0.1, -0.05) is 6.58 Å². The number of anilines is 2. The molecule has 0 amide bonds. The zero-order chi connectivity index (χ0) is 14.8. The number of carbonyl (C=O) groups excluding carboxylic acids is 1. The molecule has 0 radical (unpaired) electrons. The molecule has 0 aromatic heterocycles. The van der Waals surface area contributed by atoms with Gasteiger partial charge in [-0.25, -0.2) is 4.79 Å². The van der Waals surface area contributed by atoms with E-state index in [4.69, 9.17) is 15.2 Å². The van der Waals surface area contributed by atoms with E-state index in [1.165, 1.54) is 0 Å². The number of likely N-dealkylation sites (N-methyl/N-ethyl adjacent to an activating group) is 1. The van der Waals surface area contributed by atoms with Gasteiger partial charge in [0, 0.05) is 30.5 Å². The first-order chi connectivity index (χ1) is 9.67. The maximum atomic E-state index is 10.8. The van der Waals surface area contributed by atoms with Crippen molar-refractivity contribution in [2.45, 2.75) is 6.92 Å². The SMILES string of the molecule is C=CC(=O)OCCOCCN(CC)c1ccc(N)cc1. The fourth-order valence-electron chi connectivity index (χ4n) is 1.69. The van der Waals surface area contributed by atoms with Crippen molar-refractivity contribution < 1.29 is 14.3 Å². The molecule has 20 heavy (non-hydrogen) atoms. The Kier molecular flexibility index (Phi) is 7.21. The van der Waals surface area contributed by atoms with E-state index in [0.29, 0.717) is 13.2 Å². The Morgan fingerprint density at radius 2 is 2.00 bits per heavy atom. The number of nitrogens with zero attached hydrogens (tertiary/aromatic N) is 1. The van der Waals surface area contributed by atoms with Gasteiger partial charge in [-0.3, -0.25) is 0 Å². The number of nitrogens with two attached hydrogens (primary N) is 1. The van der Waals surface area contributed by atoms with Crippen molar-refractivity contribution in [2.24, 2.45) is 0 Å². The molecular weight excluding hydrogens is 256 g/mol. The number of esters is 1. The second kappa shape index (κ2) is 8.98. The van der Waals surface area contributed by atoms with Gasteiger partial charge in [-0.05, 0) is 31.2 Å². The Morgan fingerprint density at radius 3 is 2.60 bits per heavy atom. The third kappa shape index (κ3) is 5.75. The molecule has 0 atom stereocenters. The van der Waals surface area contributed by atoms with Crippen molar-refractivity contribution in [3.05, 3.63) is 36.9 Å². The molecule has 5 heteroatoms. The summed E-state index contributed by atoms with van der Waals surface area (Å²) in [6.45, 7) is 8.28. The number of ether oxygens (including phenoxy) is 2. The quantitative estimate of drug-likeness (QED) is 0.323. The lowest BCUT2D eigenvalue weighted by molar-refractivity contribution is -0.139. The van der Waals surface area contributed by atoms with E-state index in [9.17, 15) is 4.79 Å². The Hall–Kier alpha value is -2.01. The summed E-state index contributed by atoms with van der Waals surface area (Å²) < 4.78 is 10.2. The van der Waals surface area contributed by atoms with Gasteiger partial charge in [0.1, 0.15) is 6.61 Å². The molecule has 0 heterocycles. The summed E-state index contributed by atoms with van der Waals surface area (Å²) >= 11 is 0. The molecule has 2 N–H and O–H groups in total. The minimum absolute atomic E-state index is 0.249. The van der Waals surface area contributed by atoms with E-state index < -0.39 is 5.97 Å². The summed E-state index contributed by atoms with van der Waals surface area (Å²) in [6, 6.07) is 7.75. The van der Waals surface area contributed by atoms with Crippen molar-refractivity contribution >= 4 is 17.3 Å². The summed E-state index contributed by atoms with van der Waals surface area (Å²) in [5.41, 5.74) is 7.54. The minimum atomic E-state index is -0.425. The van der Waals surface area contributed by atoms with Crippen LogP contribution in [0.15, 0.2) is 36.9 Å². The van der Waals surface area contributed by atoms with Gasteiger partial charge < -0.3 is 20.1 Å². The van der Waals surface area contributed by atoms with E-state index in [2.05, 4.69) is 18.4 Å². The topological polar surface area (TPSA) is 64.8 Å². The Morgan fingerprint density at radius 1 is 1.30 bits per heavy atom.